The molecule has 0 radical (unpaired) electrons. The minimum Gasteiger partial charge on any atom is -0.293 e. The number of nitrogens with zero attached hydrogens (tertiary/aromatic N) is 1. The summed E-state index contributed by atoms with van der Waals surface area (Å²) in [6.45, 7) is 11.9. The van der Waals surface area contributed by atoms with Crippen LogP contribution in [0.3, 0.4) is 0 Å². The maximum absolute atomic E-state index is 2.64. The van der Waals surface area contributed by atoms with E-state index in [1.54, 1.807) is 11.1 Å². The second kappa shape index (κ2) is 6.85. The molecule has 1 nitrogen and oxygen atoms in total. The molecule has 1 aliphatic heterocycles. The molecule has 0 amide bonds. The molecule has 0 aromatic heterocycles. The van der Waals surface area contributed by atoms with Crippen LogP contribution in [0.4, 0.5) is 0 Å². The summed E-state index contributed by atoms with van der Waals surface area (Å²) in [5.41, 5.74) is 6.30. The van der Waals surface area contributed by atoms with Crippen LogP contribution in [0.5, 0.6) is 0 Å². The average Bonchev–Trinajstić information content (AvgIpc) is 2.60. The highest BCUT2D eigenvalue weighted by molar-refractivity contribution is 5.38. The van der Waals surface area contributed by atoms with Gasteiger partial charge in [-0.1, -0.05) is 62.4 Å². The van der Waals surface area contributed by atoms with Crippen LogP contribution in [0.15, 0.2) is 48.5 Å². The third-order valence-corrected chi connectivity index (χ3v) is 7.07. The van der Waals surface area contributed by atoms with Gasteiger partial charge < -0.3 is 0 Å². The topological polar surface area (TPSA) is 3.24 Å². The Morgan fingerprint density at radius 3 is 2.38 bits per heavy atom. The quantitative estimate of drug-likeness (QED) is 0.677. The Bertz CT molecular complexity index is 753. The number of hydrogen-bond donors (Lipinski definition) is 0. The lowest BCUT2D eigenvalue weighted by atomic mass is 9.76. The molecule has 1 atom stereocenters. The van der Waals surface area contributed by atoms with Gasteiger partial charge in [0, 0.05) is 24.5 Å². The van der Waals surface area contributed by atoms with E-state index < -0.39 is 0 Å². The van der Waals surface area contributed by atoms with Crippen molar-refractivity contribution in [2.24, 2.45) is 11.8 Å². The lowest BCUT2D eigenvalue weighted by Gasteiger charge is -2.50. The Labute approximate surface area is 159 Å². The van der Waals surface area contributed by atoms with Gasteiger partial charge in [0.25, 0.3) is 0 Å². The van der Waals surface area contributed by atoms with Gasteiger partial charge in [0.1, 0.15) is 0 Å². The van der Waals surface area contributed by atoms with E-state index >= 15 is 0 Å². The van der Waals surface area contributed by atoms with Gasteiger partial charge in [-0.05, 0) is 67.2 Å². The Kier molecular flexibility index (Phi) is 4.69. The number of rotatable bonds is 4. The third kappa shape index (κ3) is 3.22. The smallest absolute Gasteiger partial charge is 0.0405 e. The predicted molar refractivity (Wildman–Crippen MR) is 111 cm³/mol. The van der Waals surface area contributed by atoms with Crippen molar-refractivity contribution in [3.8, 4) is 0 Å². The summed E-state index contributed by atoms with van der Waals surface area (Å²) in [6.07, 6.45) is 3.89. The number of hydrogen-bond acceptors (Lipinski definition) is 1. The van der Waals surface area contributed by atoms with Crippen LogP contribution in [-0.2, 0) is 18.4 Å². The highest BCUT2D eigenvalue weighted by Crippen LogP contribution is 2.40. The molecule has 0 bridgehead atoms. The zero-order valence-corrected chi connectivity index (χ0v) is 16.8. The lowest BCUT2D eigenvalue weighted by Crippen LogP contribution is -2.54. The molecule has 1 fully saturated rings. The van der Waals surface area contributed by atoms with E-state index in [2.05, 4.69) is 81.1 Å². The molecule has 0 N–H and O–H groups in total. The van der Waals surface area contributed by atoms with E-state index in [1.165, 1.54) is 43.5 Å². The molecule has 138 valence electrons. The van der Waals surface area contributed by atoms with Gasteiger partial charge in [0.05, 0.1) is 0 Å². The Morgan fingerprint density at radius 1 is 0.962 bits per heavy atom. The Balaban J connectivity index is 1.47. The highest BCUT2D eigenvalue weighted by Gasteiger charge is 2.39. The van der Waals surface area contributed by atoms with Gasteiger partial charge in [-0.15, -0.1) is 0 Å². The van der Waals surface area contributed by atoms with Crippen molar-refractivity contribution in [1.82, 2.24) is 4.90 Å². The van der Waals surface area contributed by atoms with Gasteiger partial charge in [-0.2, -0.15) is 0 Å². The minimum absolute atomic E-state index is 0.120. The summed E-state index contributed by atoms with van der Waals surface area (Å²) in [4.78, 5) is 2.64. The fourth-order valence-corrected chi connectivity index (χ4v) is 4.79. The fourth-order valence-electron chi connectivity index (χ4n) is 4.79. The summed E-state index contributed by atoms with van der Waals surface area (Å²) in [5, 5.41) is 0. The maximum atomic E-state index is 2.64. The predicted octanol–water partition coefficient (Wildman–Crippen LogP) is 5.78. The molecule has 1 heterocycles. The van der Waals surface area contributed by atoms with E-state index in [0.717, 1.165) is 11.8 Å². The van der Waals surface area contributed by atoms with Gasteiger partial charge in [0.2, 0.25) is 0 Å². The minimum atomic E-state index is 0.120. The molecule has 1 saturated heterocycles. The lowest BCUT2D eigenvalue weighted by molar-refractivity contribution is 0.0323. The van der Waals surface area contributed by atoms with Gasteiger partial charge in [0.15, 0.2) is 0 Å². The van der Waals surface area contributed by atoms with Crippen molar-refractivity contribution in [3.63, 3.8) is 0 Å². The van der Waals surface area contributed by atoms with Crippen molar-refractivity contribution in [2.45, 2.75) is 58.4 Å². The van der Waals surface area contributed by atoms with E-state index in [-0.39, 0.29) is 5.54 Å². The first-order valence-electron chi connectivity index (χ1n) is 10.4. The van der Waals surface area contributed by atoms with Crippen LogP contribution in [-0.4, -0.2) is 18.0 Å². The van der Waals surface area contributed by atoms with Crippen molar-refractivity contribution < 1.29 is 0 Å². The van der Waals surface area contributed by atoms with Crippen molar-refractivity contribution in [1.29, 1.82) is 0 Å². The zero-order valence-electron chi connectivity index (χ0n) is 16.8. The molecule has 2 aromatic rings. The van der Waals surface area contributed by atoms with E-state index in [4.69, 9.17) is 0 Å². The summed E-state index contributed by atoms with van der Waals surface area (Å²) < 4.78 is 0. The zero-order chi connectivity index (χ0) is 18.3. The van der Waals surface area contributed by atoms with Crippen LogP contribution in [0, 0.1) is 11.8 Å². The number of aryl methyl sites for hydroxylation is 1. The van der Waals surface area contributed by atoms with Crippen LogP contribution in [0.2, 0.25) is 0 Å². The fraction of sp³-hybridized carbons (Fsp3) is 0.520. The Morgan fingerprint density at radius 2 is 1.69 bits per heavy atom. The summed E-state index contributed by atoms with van der Waals surface area (Å²) >= 11 is 0. The van der Waals surface area contributed by atoms with Gasteiger partial charge in [-0.3, -0.25) is 4.90 Å². The number of fused-ring (bicyclic) bond motifs is 1. The normalized spacial score (nSPS) is 21.5. The molecular formula is C25H33N. The van der Waals surface area contributed by atoms with Crippen molar-refractivity contribution >= 4 is 0 Å². The summed E-state index contributed by atoms with van der Waals surface area (Å²) in [6, 6.07) is 18.3. The van der Waals surface area contributed by atoms with Crippen LogP contribution in [0.25, 0.3) is 0 Å². The molecule has 2 aliphatic rings. The van der Waals surface area contributed by atoms with E-state index in [0.29, 0.717) is 5.92 Å². The first kappa shape index (κ1) is 17.8. The first-order chi connectivity index (χ1) is 12.4. The largest absolute Gasteiger partial charge is 0.293 e. The molecule has 0 spiro atoms. The second-order valence-corrected chi connectivity index (χ2v) is 9.30. The van der Waals surface area contributed by atoms with Crippen molar-refractivity contribution in [2.75, 3.05) is 13.1 Å². The van der Waals surface area contributed by atoms with Crippen LogP contribution in [0.1, 0.15) is 62.3 Å². The highest BCUT2D eigenvalue weighted by atomic mass is 15.2. The molecule has 0 saturated carbocycles. The third-order valence-electron chi connectivity index (χ3n) is 7.07. The van der Waals surface area contributed by atoms with Gasteiger partial charge >= 0.3 is 0 Å². The van der Waals surface area contributed by atoms with Gasteiger partial charge in [-0.25, -0.2) is 0 Å². The molecule has 1 aliphatic carbocycles. The molecule has 2 aromatic carbocycles. The second-order valence-electron chi connectivity index (χ2n) is 9.30. The molecule has 4 rings (SSSR count). The number of likely N-dealkylation sites (tertiary alicyclic amines) is 1. The maximum Gasteiger partial charge on any atom is 0.0405 e. The number of benzene rings is 2. The van der Waals surface area contributed by atoms with Crippen LogP contribution >= 0.6 is 0 Å². The standard InChI is InChI=1S/C25H33N/c1-18(2)20-10-11-22-15-24(13-12-21(22)14-20)25(3,4)26-16-23(17-26)19-8-6-5-7-9-19/h5-9,12-13,15,18,20,23H,10-11,14,16-17H2,1-4H3. The molecule has 1 unspecified atom stereocenters. The summed E-state index contributed by atoms with van der Waals surface area (Å²) in [7, 11) is 0. The SMILES string of the molecule is CC(C)C1CCc2cc(C(C)(C)N3CC(c4ccccc4)C3)ccc2C1. The van der Waals surface area contributed by atoms with Crippen molar-refractivity contribution in [3.05, 3.63) is 70.8 Å². The molecular weight excluding hydrogens is 314 g/mol. The monoisotopic (exact) mass is 347 g/mol. The molecule has 26 heavy (non-hydrogen) atoms. The first-order valence-corrected chi connectivity index (χ1v) is 10.4. The van der Waals surface area contributed by atoms with E-state index in [9.17, 15) is 0 Å². The molecule has 1 heteroatoms. The average molecular weight is 348 g/mol. The van der Waals surface area contributed by atoms with Crippen LogP contribution < -0.4 is 0 Å². The van der Waals surface area contributed by atoms with E-state index in [1.807, 2.05) is 0 Å². The summed E-state index contributed by atoms with van der Waals surface area (Å²) in [5.74, 6) is 2.36. The Hall–Kier alpha value is -1.60.